The molecule has 0 aromatic heterocycles. The highest BCUT2D eigenvalue weighted by molar-refractivity contribution is 7.93. The van der Waals surface area contributed by atoms with Gasteiger partial charge in [0.15, 0.2) is 9.84 Å². The van der Waals surface area contributed by atoms with Gasteiger partial charge in [0, 0.05) is 11.3 Å². The zero-order chi connectivity index (χ0) is 34.1. The highest BCUT2D eigenvalue weighted by Gasteiger charge is 2.51. The normalized spacial score (nSPS) is 15.4. The summed E-state index contributed by atoms with van der Waals surface area (Å²) in [5, 5.41) is 4.73. The molecule has 3 aromatic rings. The van der Waals surface area contributed by atoms with Crippen LogP contribution >= 0.6 is 0 Å². The molecule has 46 heavy (non-hydrogen) atoms. The lowest BCUT2D eigenvalue weighted by Crippen LogP contribution is -2.48. The number of amides is 2. The van der Waals surface area contributed by atoms with Gasteiger partial charge in [-0.2, -0.15) is 13.2 Å². The number of halogens is 4. The fraction of sp³-hybridized carbons (Fsp3) is 0.310. The monoisotopic (exact) mass is 687 g/mol. The second kappa shape index (κ2) is 12.8. The Morgan fingerprint density at radius 1 is 0.978 bits per heavy atom. The van der Waals surface area contributed by atoms with Crippen LogP contribution in [0.1, 0.15) is 31.1 Å². The van der Waals surface area contributed by atoms with E-state index >= 15 is 0 Å². The minimum atomic E-state index is -4.87. The summed E-state index contributed by atoms with van der Waals surface area (Å²) < 4.78 is 116. The molecule has 2 N–H and O–H groups in total. The van der Waals surface area contributed by atoms with Crippen molar-refractivity contribution in [3.8, 4) is 5.75 Å². The lowest BCUT2D eigenvalue weighted by Gasteiger charge is -2.36. The average Bonchev–Trinajstić information content (AvgIpc) is 2.98. The Hall–Kier alpha value is -4.38. The molecule has 2 amide bonds. The molecule has 1 heterocycles. The second-order valence-corrected chi connectivity index (χ2v) is 14.7. The first-order valence-electron chi connectivity index (χ1n) is 13.6. The van der Waals surface area contributed by atoms with Crippen molar-refractivity contribution in [1.82, 2.24) is 5.32 Å². The zero-order valence-electron chi connectivity index (χ0n) is 24.6. The minimum Gasteiger partial charge on any atom is -0.484 e. The van der Waals surface area contributed by atoms with Crippen molar-refractivity contribution >= 4 is 43.2 Å². The summed E-state index contributed by atoms with van der Waals surface area (Å²) in [7, 11) is -8.01. The maximum atomic E-state index is 13.7. The van der Waals surface area contributed by atoms with Gasteiger partial charge in [0.05, 0.1) is 34.3 Å². The number of hydrogen-bond donors (Lipinski definition) is 2. The lowest BCUT2D eigenvalue weighted by atomic mass is 10.1. The number of ether oxygens (including phenoxy) is 2. The summed E-state index contributed by atoms with van der Waals surface area (Å²) in [6.07, 6.45) is -7.32. The Kier molecular flexibility index (Phi) is 9.59. The third kappa shape index (κ3) is 7.52. The van der Waals surface area contributed by atoms with Crippen molar-refractivity contribution < 1.29 is 53.5 Å². The van der Waals surface area contributed by atoms with Crippen molar-refractivity contribution in [2.75, 3.05) is 28.5 Å². The molecule has 11 nitrogen and oxygen atoms in total. The summed E-state index contributed by atoms with van der Waals surface area (Å²) in [6.45, 7) is 2.15. The van der Waals surface area contributed by atoms with E-state index in [0.717, 1.165) is 34.6 Å². The van der Waals surface area contributed by atoms with E-state index in [-0.39, 0.29) is 44.8 Å². The van der Waals surface area contributed by atoms with E-state index in [0.29, 0.717) is 13.8 Å². The summed E-state index contributed by atoms with van der Waals surface area (Å²) in [6, 6.07) is 13.0. The molecule has 0 aliphatic carbocycles. The molecule has 0 radical (unpaired) electrons. The fourth-order valence-electron chi connectivity index (χ4n) is 4.20. The molecule has 3 aromatic carbocycles. The molecule has 0 saturated carbocycles. The maximum Gasteiger partial charge on any atom is 0.427 e. The van der Waals surface area contributed by atoms with Crippen molar-refractivity contribution in [1.29, 1.82) is 0 Å². The number of sulfone groups is 1. The number of fused-ring (bicyclic) bond motifs is 1. The summed E-state index contributed by atoms with van der Waals surface area (Å²) in [5.74, 6) is -1.54. The Labute approximate surface area is 262 Å². The first-order valence-corrected chi connectivity index (χ1v) is 16.7. The number of nitrogens with zero attached hydrogens (tertiary/aromatic N) is 1. The number of benzene rings is 3. The third-order valence-electron chi connectivity index (χ3n) is 6.89. The van der Waals surface area contributed by atoms with Crippen molar-refractivity contribution in [2.24, 2.45) is 0 Å². The Morgan fingerprint density at radius 2 is 1.65 bits per heavy atom. The average molecular weight is 688 g/mol. The predicted molar refractivity (Wildman–Crippen MR) is 159 cm³/mol. The summed E-state index contributed by atoms with van der Waals surface area (Å²) in [4.78, 5) is 24.8. The molecule has 17 heteroatoms. The minimum absolute atomic E-state index is 0.0261. The first-order chi connectivity index (χ1) is 21.3. The van der Waals surface area contributed by atoms with Crippen LogP contribution < -0.4 is 19.7 Å². The molecule has 0 spiro atoms. The largest absolute Gasteiger partial charge is 0.484 e. The van der Waals surface area contributed by atoms with E-state index in [1.807, 2.05) is 0 Å². The van der Waals surface area contributed by atoms with Gasteiger partial charge in [-0.05, 0) is 74.5 Å². The molecular weight excluding hydrogens is 658 g/mol. The SMILES string of the molecule is CCS(=O)(=O)c1cccc(C(=O)NCC2CN(S(=O)(=O)c3ccc(F)cc3)c3cc(NC(=O)OC(C)(C)C(F)(F)F)ccc3O2)c1. The quantitative estimate of drug-likeness (QED) is 0.302. The number of sulfonamides is 1. The van der Waals surface area contributed by atoms with Gasteiger partial charge in [-0.1, -0.05) is 13.0 Å². The van der Waals surface area contributed by atoms with E-state index in [2.05, 4.69) is 15.4 Å². The smallest absolute Gasteiger partial charge is 0.427 e. The number of rotatable bonds is 9. The van der Waals surface area contributed by atoms with Gasteiger partial charge in [0.1, 0.15) is 17.7 Å². The molecule has 0 fully saturated rings. The van der Waals surface area contributed by atoms with Crippen LogP contribution in [0.15, 0.2) is 76.5 Å². The molecular formula is C29H29F4N3O8S2. The Balaban J connectivity index is 1.61. The third-order valence-corrected chi connectivity index (χ3v) is 10.4. The van der Waals surface area contributed by atoms with Gasteiger partial charge in [-0.25, -0.2) is 26.0 Å². The highest BCUT2D eigenvalue weighted by atomic mass is 32.2. The van der Waals surface area contributed by atoms with Crippen molar-refractivity contribution in [3.05, 3.63) is 78.1 Å². The van der Waals surface area contributed by atoms with Crippen molar-refractivity contribution in [3.63, 3.8) is 0 Å². The lowest BCUT2D eigenvalue weighted by molar-refractivity contribution is -0.242. The summed E-state index contributed by atoms with van der Waals surface area (Å²) in [5.41, 5.74) is -3.02. The van der Waals surface area contributed by atoms with Crippen LogP contribution in [-0.4, -0.2) is 65.6 Å². The molecule has 4 rings (SSSR count). The number of nitrogens with one attached hydrogen (secondary N) is 2. The van der Waals surface area contributed by atoms with Gasteiger partial charge in [0.25, 0.3) is 15.9 Å². The molecule has 1 unspecified atom stereocenters. The second-order valence-electron chi connectivity index (χ2n) is 10.6. The molecule has 1 aliphatic heterocycles. The molecule has 0 saturated heterocycles. The zero-order valence-corrected chi connectivity index (χ0v) is 26.2. The van der Waals surface area contributed by atoms with Gasteiger partial charge >= 0.3 is 12.3 Å². The van der Waals surface area contributed by atoms with Gasteiger partial charge in [-0.15, -0.1) is 0 Å². The van der Waals surface area contributed by atoms with Gasteiger partial charge < -0.3 is 14.8 Å². The number of anilines is 2. The van der Waals surface area contributed by atoms with Crippen LogP contribution in [0.4, 0.5) is 33.7 Å². The molecule has 0 bridgehead atoms. The number of carbonyl (C=O) groups excluding carboxylic acids is 2. The molecule has 1 aliphatic rings. The molecule has 248 valence electrons. The number of hydrogen-bond acceptors (Lipinski definition) is 8. The maximum absolute atomic E-state index is 13.7. The van der Waals surface area contributed by atoms with E-state index in [1.54, 1.807) is 0 Å². The Morgan fingerprint density at radius 3 is 2.28 bits per heavy atom. The number of carbonyl (C=O) groups is 2. The first kappa shape index (κ1) is 34.5. The number of alkyl halides is 3. The van der Waals surface area contributed by atoms with E-state index in [4.69, 9.17) is 4.74 Å². The van der Waals surface area contributed by atoms with Crippen LogP contribution in [-0.2, 0) is 24.6 Å². The topological polar surface area (TPSA) is 148 Å². The standard InChI is InChI=1S/C29H29F4N3O8S2/c1-4-45(39,40)23-7-5-6-18(14-23)26(37)34-16-21-17-36(46(41,42)22-11-8-19(30)9-12-22)24-15-20(10-13-25(24)43-21)35-27(38)44-28(2,3)29(31,32)33/h5-15,21H,4,16-17H2,1-3H3,(H,34,37)(H,35,38). The van der Waals surface area contributed by atoms with Crippen LogP contribution in [0.5, 0.6) is 5.75 Å². The summed E-state index contributed by atoms with van der Waals surface area (Å²) >= 11 is 0. The van der Waals surface area contributed by atoms with E-state index in [9.17, 15) is 44.0 Å². The Bertz CT molecular complexity index is 1850. The van der Waals surface area contributed by atoms with Crippen LogP contribution in [0, 0.1) is 5.82 Å². The van der Waals surface area contributed by atoms with E-state index < -0.39 is 62.1 Å². The van der Waals surface area contributed by atoms with Crippen molar-refractivity contribution in [2.45, 2.75) is 48.4 Å². The van der Waals surface area contributed by atoms with Crippen LogP contribution in [0.25, 0.3) is 0 Å². The predicted octanol–water partition coefficient (Wildman–Crippen LogP) is 4.90. The van der Waals surface area contributed by atoms with Crippen LogP contribution in [0.2, 0.25) is 0 Å². The van der Waals surface area contributed by atoms with Crippen LogP contribution in [0.3, 0.4) is 0 Å². The van der Waals surface area contributed by atoms with Gasteiger partial charge in [-0.3, -0.25) is 14.4 Å². The highest BCUT2D eigenvalue weighted by Crippen LogP contribution is 2.39. The molecule has 1 atom stereocenters. The van der Waals surface area contributed by atoms with Gasteiger partial charge in [0.2, 0.25) is 5.60 Å². The fourth-order valence-corrected chi connectivity index (χ4v) is 6.62. The van der Waals surface area contributed by atoms with E-state index in [1.165, 1.54) is 43.3 Å².